The van der Waals surface area contributed by atoms with Gasteiger partial charge in [0.15, 0.2) is 0 Å². The first-order valence-electron chi connectivity index (χ1n) is 4.79. The zero-order valence-electron chi connectivity index (χ0n) is 7.55. The van der Waals surface area contributed by atoms with Gasteiger partial charge in [0.05, 0.1) is 0 Å². The maximum atomic E-state index is 5.63. The van der Waals surface area contributed by atoms with E-state index >= 15 is 0 Å². The number of piperidine rings is 1. The second-order valence-corrected chi connectivity index (χ2v) is 3.54. The summed E-state index contributed by atoms with van der Waals surface area (Å²) in [6.07, 6.45) is 3.97. The minimum absolute atomic E-state index is 0.773. The lowest BCUT2D eigenvalue weighted by Gasteiger charge is -2.31. The third kappa shape index (κ3) is 2.80. The molecular weight excluding hydrogens is 136 g/mol. The first-order valence-corrected chi connectivity index (χ1v) is 4.79. The molecule has 0 aliphatic carbocycles. The van der Waals surface area contributed by atoms with Gasteiger partial charge in [-0.2, -0.15) is 0 Å². The van der Waals surface area contributed by atoms with Crippen molar-refractivity contribution >= 4 is 0 Å². The average molecular weight is 156 g/mol. The van der Waals surface area contributed by atoms with E-state index in [9.17, 15) is 0 Å². The minimum atomic E-state index is 0.773. The highest BCUT2D eigenvalue weighted by Gasteiger charge is 2.17. The van der Waals surface area contributed by atoms with Crippen LogP contribution in [0.4, 0.5) is 0 Å². The van der Waals surface area contributed by atoms with E-state index in [1.165, 1.54) is 38.9 Å². The zero-order valence-corrected chi connectivity index (χ0v) is 7.55. The molecule has 1 rings (SSSR count). The Morgan fingerprint density at radius 2 is 2.36 bits per heavy atom. The summed E-state index contributed by atoms with van der Waals surface area (Å²) in [5.41, 5.74) is 5.63. The summed E-state index contributed by atoms with van der Waals surface area (Å²) in [6.45, 7) is 6.91. The lowest BCUT2D eigenvalue weighted by molar-refractivity contribution is 0.178. The summed E-state index contributed by atoms with van der Waals surface area (Å²) in [4.78, 5) is 2.54. The van der Waals surface area contributed by atoms with Gasteiger partial charge in [0.25, 0.3) is 0 Å². The molecule has 0 aromatic rings. The predicted octanol–water partition coefficient (Wildman–Crippen LogP) is 1.07. The van der Waals surface area contributed by atoms with E-state index in [4.69, 9.17) is 5.73 Å². The minimum Gasteiger partial charge on any atom is -0.330 e. The molecule has 0 saturated carbocycles. The summed E-state index contributed by atoms with van der Waals surface area (Å²) >= 11 is 0. The van der Waals surface area contributed by atoms with Gasteiger partial charge in [-0.05, 0) is 44.8 Å². The van der Waals surface area contributed by atoms with E-state index in [0.717, 1.165) is 12.5 Å². The van der Waals surface area contributed by atoms with E-state index in [0.29, 0.717) is 0 Å². The fraction of sp³-hybridized carbons (Fsp3) is 1.00. The van der Waals surface area contributed by atoms with Crippen molar-refractivity contribution < 1.29 is 0 Å². The first kappa shape index (κ1) is 9.01. The molecule has 0 spiro atoms. The third-order valence-corrected chi connectivity index (χ3v) is 2.48. The van der Waals surface area contributed by atoms with Crippen LogP contribution in [0.15, 0.2) is 0 Å². The molecule has 2 heteroatoms. The molecule has 11 heavy (non-hydrogen) atoms. The van der Waals surface area contributed by atoms with Crippen LogP contribution in [0.5, 0.6) is 0 Å². The van der Waals surface area contributed by atoms with Crippen LogP contribution in [0, 0.1) is 5.92 Å². The molecule has 1 aliphatic heterocycles. The van der Waals surface area contributed by atoms with E-state index in [1.54, 1.807) is 0 Å². The van der Waals surface area contributed by atoms with Crippen LogP contribution in [0.1, 0.15) is 26.2 Å². The van der Waals surface area contributed by atoms with Gasteiger partial charge in [-0.25, -0.2) is 0 Å². The van der Waals surface area contributed by atoms with Gasteiger partial charge in [-0.3, -0.25) is 0 Å². The van der Waals surface area contributed by atoms with Gasteiger partial charge in [-0.1, -0.05) is 6.92 Å². The molecule has 2 nitrogen and oxygen atoms in total. The van der Waals surface area contributed by atoms with E-state index < -0.39 is 0 Å². The molecular formula is C9H20N2. The third-order valence-electron chi connectivity index (χ3n) is 2.48. The van der Waals surface area contributed by atoms with Crippen molar-refractivity contribution in [2.75, 3.05) is 26.2 Å². The van der Waals surface area contributed by atoms with Crippen LogP contribution in [-0.2, 0) is 0 Å². The van der Waals surface area contributed by atoms with Gasteiger partial charge in [0.1, 0.15) is 0 Å². The van der Waals surface area contributed by atoms with E-state index in [2.05, 4.69) is 11.8 Å². The molecule has 2 N–H and O–H groups in total. The molecule has 1 aliphatic rings. The molecule has 1 atom stereocenters. The Morgan fingerprint density at radius 3 is 3.00 bits per heavy atom. The molecule has 0 amide bonds. The number of hydrogen-bond donors (Lipinski definition) is 1. The second kappa shape index (κ2) is 4.73. The van der Waals surface area contributed by atoms with Gasteiger partial charge >= 0.3 is 0 Å². The highest BCUT2D eigenvalue weighted by Crippen LogP contribution is 2.14. The van der Waals surface area contributed by atoms with Gasteiger partial charge in [0, 0.05) is 6.54 Å². The Morgan fingerprint density at radius 1 is 1.55 bits per heavy atom. The molecule has 0 radical (unpaired) electrons. The van der Waals surface area contributed by atoms with Crippen LogP contribution in [-0.4, -0.2) is 31.1 Å². The van der Waals surface area contributed by atoms with Crippen LogP contribution < -0.4 is 5.73 Å². The Labute approximate surface area is 69.8 Å². The summed E-state index contributed by atoms with van der Waals surface area (Å²) in [7, 11) is 0. The lowest BCUT2D eigenvalue weighted by atomic mass is 9.98. The zero-order chi connectivity index (χ0) is 8.10. The van der Waals surface area contributed by atoms with Crippen LogP contribution in [0.3, 0.4) is 0 Å². The van der Waals surface area contributed by atoms with Crippen molar-refractivity contribution in [2.24, 2.45) is 11.7 Å². The van der Waals surface area contributed by atoms with Gasteiger partial charge in [0.2, 0.25) is 0 Å². The number of nitrogens with two attached hydrogens (primary N) is 1. The van der Waals surface area contributed by atoms with E-state index in [1.807, 2.05) is 0 Å². The number of rotatable bonds is 3. The predicted molar refractivity (Wildman–Crippen MR) is 48.5 cm³/mol. The molecule has 1 heterocycles. The van der Waals surface area contributed by atoms with Crippen molar-refractivity contribution in [2.45, 2.75) is 26.2 Å². The Kier molecular flexibility index (Phi) is 3.87. The van der Waals surface area contributed by atoms with Crippen molar-refractivity contribution in [1.82, 2.24) is 4.90 Å². The summed E-state index contributed by atoms with van der Waals surface area (Å²) in [5, 5.41) is 0. The highest BCUT2D eigenvalue weighted by atomic mass is 15.1. The maximum absolute atomic E-state index is 5.63. The van der Waals surface area contributed by atoms with E-state index in [-0.39, 0.29) is 0 Å². The van der Waals surface area contributed by atoms with Gasteiger partial charge in [-0.15, -0.1) is 0 Å². The molecule has 1 saturated heterocycles. The lowest BCUT2D eigenvalue weighted by Crippen LogP contribution is -2.38. The fourth-order valence-electron chi connectivity index (χ4n) is 1.86. The monoisotopic (exact) mass is 156 g/mol. The molecule has 0 bridgehead atoms. The Hall–Kier alpha value is -0.0800. The maximum Gasteiger partial charge on any atom is 0.00217 e. The van der Waals surface area contributed by atoms with Crippen LogP contribution in [0.2, 0.25) is 0 Å². The molecule has 1 fully saturated rings. The number of hydrogen-bond acceptors (Lipinski definition) is 2. The first-order chi connectivity index (χ1) is 5.36. The van der Waals surface area contributed by atoms with Gasteiger partial charge < -0.3 is 10.6 Å². The van der Waals surface area contributed by atoms with Crippen LogP contribution >= 0.6 is 0 Å². The highest BCUT2D eigenvalue weighted by molar-refractivity contribution is 4.72. The van der Waals surface area contributed by atoms with Crippen molar-refractivity contribution in [3.63, 3.8) is 0 Å². The normalized spacial score (nSPS) is 27.3. The van der Waals surface area contributed by atoms with Crippen LogP contribution in [0.25, 0.3) is 0 Å². The number of nitrogens with zero attached hydrogens (tertiary/aromatic N) is 1. The smallest absolute Gasteiger partial charge is 0.00217 e. The largest absolute Gasteiger partial charge is 0.330 e. The van der Waals surface area contributed by atoms with Crippen molar-refractivity contribution in [1.29, 1.82) is 0 Å². The molecule has 1 unspecified atom stereocenters. The molecule has 0 aromatic carbocycles. The molecule has 0 aromatic heterocycles. The standard InChI is InChI=1S/C9H20N2/c1-2-5-11-6-3-4-9(7-10)8-11/h9H,2-8,10H2,1H3. The fourth-order valence-corrected chi connectivity index (χ4v) is 1.86. The second-order valence-electron chi connectivity index (χ2n) is 3.54. The number of likely N-dealkylation sites (tertiary alicyclic amines) is 1. The summed E-state index contributed by atoms with van der Waals surface area (Å²) < 4.78 is 0. The quantitative estimate of drug-likeness (QED) is 0.662. The van der Waals surface area contributed by atoms with Crippen molar-refractivity contribution in [3.05, 3.63) is 0 Å². The SMILES string of the molecule is CCCN1CCCC(CN)C1. The average Bonchev–Trinajstić information content (AvgIpc) is 2.06. The summed E-state index contributed by atoms with van der Waals surface area (Å²) in [5.74, 6) is 0.773. The Bertz CT molecular complexity index is 102. The molecule has 66 valence electrons. The summed E-state index contributed by atoms with van der Waals surface area (Å²) in [6, 6.07) is 0. The topological polar surface area (TPSA) is 29.3 Å². The Balaban J connectivity index is 2.21. The van der Waals surface area contributed by atoms with Crippen molar-refractivity contribution in [3.8, 4) is 0 Å².